The van der Waals surface area contributed by atoms with E-state index in [9.17, 15) is 4.39 Å². The van der Waals surface area contributed by atoms with E-state index in [2.05, 4.69) is 19.2 Å². The highest BCUT2D eigenvalue weighted by molar-refractivity contribution is 6.30. The van der Waals surface area contributed by atoms with Crippen molar-refractivity contribution in [1.29, 1.82) is 0 Å². The Kier molecular flexibility index (Phi) is 6.23. The number of benzene rings is 1. The van der Waals surface area contributed by atoms with Gasteiger partial charge in [-0.3, -0.25) is 0 Å². The van der Waals surface area contributed by atoms with Crippen LogP contribution >= 0.6 is 11.6 Å². The van der Waals surface area contributed by atoms with Crippen LogP contribution in [0.4, 0.5) is 4.39 Å². The third kappa shape index (κ3) is 4.49. The molecule has 0 atom stereocenters. The van der Waals surface area contributed by atoms with Gasteiger partial charge in [0.05, 0.1) is 5.02 Å². The van der Waals surface area contributed by atoms with Gasteiger partial charge in [-0.15, -0.1) is 0 Å². The van der Waals surface area contributed by atoms with Crippen LogP contribution in [0, 0.1) is 5.82 Å². The first-order chi connectivity index (χ1) is 8.19. The van der Waals surface area contributed by atoms with E-state index >= 15 is 0 Å². The highest BCUT2D eigenvalue weighted by Crippen LogP contribution is 2.20. The summed E-state index contributed by atoms with van der Waals surface area (Å²) < 4.78 is 13.7. The standard InChI is InChI=1S/C14H19ClFN/c1-3-8-17-10-11(4-2)9-12-6-5-7-13(15)14(12)16/h5-7,9,17H,3-4,8,10H2,1-2H3/b11-9+. The van der Waals surface area contributed by atoms with Crippen molar-refractivity contribution in [3.8, 4) is 0 Å². The van der Waals surface area contributed by atoms with E-state index in [-0.39, 0.29) is 10.8 Å². The number of nitrogens with one attached hydrogen (secondary N) is 1. The number of hydrogen-bond acceptors (Lipinski definition) is 1. The molecule has 0 aliphatic heterocycles. The maximum atomic E-state index is 13.7. The first-order valence-corrected chi connectivity index (χ1v) is 6.41. The monoisotopic (exact) mass is 255 g/mol. The van der Waals surface area contributed by atoms with Crippen LogP contribution in [0.2, 0.25) is 5.02 Å². The van der Waals surface area contributed by atoms with Crippen molar-refractivity contribution in [2.75, 3.05) is 13.1 Å². The SMILES string of the molecule is CCCNC/C(=C/c1cccc(Cl)c1F)CC. The second-order valence-electron chi connectivity index (χ2n) is 3.98. The summed E-state index contributed by atoms with van der Waals surface area (Å²) in [6.45, 7) is 5.98. The van der Waals surface area contributed by atoms with E-state index in [4.69, 9.17) is 11.6 Å². The maximum Gasteiger partial charge on any atom is 0.148 e. The molecule has 0 unspecified atom stereocenters. The Bertz CT molecular complexity index is 388. The predicted octanol–water partition coefficient (Wildman–Crippen LogP) is 4.27. The molecule has 0 fully saturated rings. The highest BCUT2D eigenvalue weighted by Gasteiger charge is 2.04. The predicted molar refractivity (Wildman–Crippen MR) is 72.8 cm³/mol. The molecule has 94 valence electrons. The fourth-order valence-electron chi connectivity index (χ4n) is 1.56. The molecule has 0 aliphatic carbocycles. The topological polar surface area (TPSA) is 12.0 Å². The molecule has 1 rings (SSSR count). The van der Waals surface area contributed by atoms with Crippen molar-refractivity contribution in [3.05, 3.63) is 40.2 Å². The van der Waals surface area contributed by atoms with Gasteiger partial charge in [-0.05, 0) is 25.5 Å². The Morgan fingerprint density at radius 1 is 1.41 bits per heavy atom. The fraction of sp³-hybridized carbons (Fsp3) is 0.429. The second-order valence-corrected chi connectivity index (χ2v) is 4.38. The van der Waals surface area contributed by atoms with Gasteiger partial charge in [-0.25, -0.2) is 4.39 Å². The van der Waals surface area contributed by atoms with Crippen LogP contribution < -0.4 is 5.32 Å². The summed E-state index contributed by atoms with van der Waals surface area (Å²) in [5.74, 6) is -0.337. The first kappa shape index (κ1) is 14.2. The Morgan fingerprint density at radius 2 is 2.18 bits per heavy atom. The van der Waals surface area contributed by atoms with Gasteiger partial charge >= 0.3 is 0 Å². The lowest BCUT2D eigenvalue weighted by Crippen LogP contribution is -2.17. The van der Waals surface area contributed by atoms with Gasteiger partial charge in [0.15, 0.2) is 0 Å². The van der Waals surface area contributed by atoms with Gasteiger partial charge in [0.25, 0.3) is 0 Å². The molecule has 0 saturated heterocycles. The lowest BCUT2D eigenvalue weighted by molar-refractivity contribution is 0.625. The molecule has 0 aliphatic rings. The molecule has 1 aromatic rings. The summed E-state index contributed by atoms with van der Waals surface area (Å²) in [4.78, 5) is 0. The van der Waals surface area contributed by atoms with Crippen LogP contribution in [0.1, 0.15) is 32.3 Å². The van der Waals surface area contributed by atoms with Gasteiger partial charge in [0, 0.05) is 12.1 Å². The van der Waals surface area contributed by atoms with E-state index in [0.29, 0.717) is 5.56 Å². The summed E-state index contributed by atoms with van der Waals surface area (Å²) in [5, 5.41) is 3.49. The molecule has 1 nitrogen and oxygen atoms in total. The molecule has 0 amide bonds. The highest BCUT2D eigenvalue weighted by atomic mass is 35.5. The van der Waals surface area contributed by atoms with Gasteiger partial charge in [0.1, 0.15) is 5.82 Å². The summed E-state index contributed by atoms with van der Waals surface area (Å²) in [6, 6.07) is 5.08. The number of rotatable bonds is 6. The van der Waals surface area contributed by atoms with Crippen LogP contribution in [0.5, 0.6) is 0 Å². The lowest BCUT2D eigenvalue weighted by Gasteiger charge is -2.07. The normalized spacial score (nSPS) is 11.9. The molecule has 0 bridgehead atoms. The zero-order chi connectivity index (χ0) is 12.7. The average molecular weight is 256 g/mol. The summed E-state index contributed by atoms with van der Waals surface area (Å²) in [7, 11) is 0. The minimum absolute atomic E-state index is 0.177. The molecule has 1 aromatic carbocycles. The fourth-order valence-corrected chi connectivity index (χ4v) is 1.74. The van der Waals surface area contributed by atoms with Gasteiger partial charge < -0.3 is 5.32 Å². The van der Waals surface area contributed by atoms with Crippen molar-refractivity contribution < 1.29 is 4.39 Å². The van der Waals surface area contributed by atoms with E-state index in [1.165, 1.54) is 5.57 Å². The van der Waals surface area contributed by atoms with Gasteiger partial charge in [0.2, 0.25) is 0 Å². The molecule has 0 spiro atoms. The quantitative estimate of drug-likeness (QED) is 0.749. The Hall–Kier alpha value is -0.860. The zero-order valence-electron chi connectivity index (χ0n) is 10.4. The third-order valence-electron chi connectivity index (χ3n) is 2.57. The smallest absolute Gasteiger partial charge is 0.148 e. The zero-order valence-corrected chi connectivity index (χ0v) is 11.1. The Morgan fingerprint density at radius 3 is 2.82 bits per heavy atom. The summed E-state index contributed by atoms with van der Waals surface area (Å²) >= 11 is 5.75. The number of hydrogen-bond donors (Lipinski definition) is 1. The van der Waals surface area contributed by atoms with Crippen molar-refractivity contribution in [2.45, 2.75) is 26.7 Å². The van der Waals surface area contributed by atoms with Crippen LogP contribution in [-0.4, -0.2) is 13.1 Å². The second kappa shape index (κ2) is 7.46. The van der Waals surface area contributed by atoms with Crippen LogP contribution in [0.15, 0.2) is 23.8 Å². The molecule has 17 heavy (non-hydrogen) atoms. The third-order valence-corrected chi connectivity index (χ3v) is 2.87. The molecule has 0 aromatic heterocycles. The van der Waals surface area contributed by atoms with E-state index in [1.807, 2.05) is 6.08 Å². The van der Waals surface area contributed by atoms with Gasteiger partial charge in [-0.2, -0.15) is 0 Å². The van der Waals surface area contributed by atoms with E-state index in [0.717, 1.165) is 25.9 Å². The van der Waals surface area contributed by atoms with Crippen molar-refractivity contribution in [3.63, 3.8) is 0 Å². The maximum absolute atomic E-state index is 13.7. The Labute approximate surface area is 108 Å². The molecular weight excluding hydrogens is 237 g/mol. The van der Waals surface area contributed by atoms with Crippen LogP contribution in [0.3, 0.4) is 0 Å². The van der Waals surface area contributed by atoms with E-state index in [1.54, 1.807) is 18.2 Å². The average Bonchev–Trinajstić information content (AvgIpc) is 2.33. The van der Waals surface area contributed by atoms with Crippen molar-refractivity contribution >= 4 is 17.7 Å². The largest absolute Gasteiger partial charge is 0.313 e. The molecule has 1 N–H and O–H groups in total. The van der Waals surface area contributed by atoms with Crippen LogP contribution in [-0.2, 0) is 0 Å². The minimum Gasteiger partial charge on any atom is -0.313 e. The lowest BCUT2D eigenvalue weighted by atomic mass is 10.1. The Balaban J connectivity index is 2.79. The molecule has 0 radical (unpaired) electrons. The molecule has 0 heterocycles. The van der Waals surface area contributed by atoms with E-state index < -0.39 is 0 Å². The minimum atomic E-state index is -0.337. The summed E-state index contributed by atoms with van der Waals surface area (Å²) in [6.07, 6.45) is 3.88. The van der Waals surface area contributed by atoms with Crippen molar-refractivity contribution in [1.82, 2.24) is 5.32 Å². The van der Waals surface area contributed by atoms with Crippen LogP contribution in [0.25, 0.3) is 6.08 Å². The molecule has 0 saturated carbocycles. The summed E-state index contributed by atoms with van der Waals surface area (Å²) in [5.41, 5.74) is 1.74. The van der Waals surface area contributed by atoms with Gasteiger partial charge in [-0.1, -0.05) is 49.2 Å². The molecular formula is C14H19ClFN. The molecule has 3 heteroatoms. The number of halogens is 2. The first-order valence-electron chi connectivity index (χ1n) is 6.03. The van der Waals surface area contributed by atoms with Crippen molar-refractivity contribution in [2.24, 2.45) is 0 Å².